The fraction of sp³-hybridized carbons (Fsp3) is 0.486. The van der Waals surface area contributed by atoms with E-state index >= 15 is 0 Å². The smallest absolute Gasteiger partial charge is 0.262 e. The molecule has 3 fully saturated rings. The van der Waals surface area contributed by atoms with E-state index in [-0.39, 0.29) is 24.0 Å². The molecular weight excluding hydrogens is 598 g/mol. The Hall–Kier alpha value is -4.58. The van der Waals surface area contributed by atoms with Crippen molar-refractivity contribution in [2.45, 2.75) is 69.4 Å². The molecule has 0 radical (unpaired) electrons. The van der Waals surface area contributed by atoms with Gasteiger partial charge in [0.15, 0.2) is 0 Å². The maximum atomic E-state index is 13.1. The summed E-state index contributed by atoms with van der Waals surface area (Å²) in [4.78, 5) is 57.0. The number of amides is 3. The van der Waals surface area contributed by atoms with Crippen LogP contribution >= 0.6 is 0 Å². The van der Waals surface area contributed by atoms with Gasteiger partial charge in [0.2, 0.25) is 5.91 Å². The molecule has 12 heteroatoms. The zero-order valence-electron chi connectivity index (χ0n) is 26.5. The number of ether oxygens (including phenoxy) is 1. The van der Waals surface area contributed by atoms with Gasteiger partial charge in [-0.1, -0.05) is 6.07 Å². The van der Waals surface area contributed by atoms with Gasteiger partial charge in [-0.2, -0.15) is 5.10 Å². The van der Waals surface area contributed by atoms with Crippen molar-refractivity contribution in [2.75, 3.05) is 43.1 Å². The lowest BCUT2D eigenvalue weighted by atomic mass is 9.77. The highest BCUT2D eigenvalue weighted by Gasteiger charge is 2.42. The number of nitrogens with two attached hydrogens (primary N) is 1. The molecule has 4 aliphatic rings. The first-order valence-electron chi connectivity index (χ1n) is 16.8. The first-order chi connectivity index (χ1) is 22.9. The fourth-order valence-electron chi connectivity index (χ4n) is 7.04. The van der Waals surface area contributed by atoms with Gasteiger partial charge in [-0.05, 0) is 81.2 Å². The Morgan fingerprint density at radius 1 is 1.06 bits per heavy atom. The van der Waals surface area contributed by atoms with Crippen molar-refractivity contribution in [1.29, 1.82) is 0 Å². The van der Waals surface area contributed by atoms with E-state index in [4.69, 9.17) is 20.6 Å². The molecule has 0 bridgehead atoms. The summed E-state index contributed by atoms with van der Waals surface area (Å²) in [7, 11) is 0. The topological polar surface area (TPSA) is 153 Å². The average Bonchev–Trinajstić information content (AvgIpc) is 3.78. The number of pyridine rings is 1. The highest BCUT2D eigenvalue weighted by molar-refractivity contribution is 6.23. The van der Waals surface area contributed by atoms with E-state index in [0.717, 1.165) is 80.6 Å². The summed E-state index contributed by atoms with van der Waals surface area (Å²) in [5, 5.41) is 8.48. The Kier molecular flexibility index (Phi) is 8.76. The van der Waals surface area contributed by atoms with E-state index in [1.54, 1.807) is 18.2 Å². The Morgan fingerprint density at radius 3 is 2.60 bits per heavy atom. The van der Waals surface area contributed by atoms with Crippen molar-refractivity contribution < 1.29 is 23.9 Å². The molecule has 1 aromatic carbocycles. The number of carbonyl (C=O) groups excluding carboxylic acids is 4. The number of aromatic nitrogens is 3. The molecule has 3 aromatic rings. The molecule has 246 valence electrons. The molecule has 2 aromatic heterocycles. The van der Waals surface area contributed by atoms with E-state index in [2.05, 4.69) is 39.3 Å². The minimum Gasteiger partial charge on any atom is -0.385 e. The molecule has 1 unspecified atom stereocenters. The number of hydrogen-bond donors (Lipinski definition) is 2. The quantitative estimate of drug-likeness (QED) is 0.152. The maximum Gasteiger partial charge on any atom is 0.262 e. The lowest BCUT2D eigenvalue weighted by Crippen LogP contribution is -2.47. The number of morpholine rings is 1. The second-order valence-electron chi connectivity index (χ2n) is 13.1. The summed E-state index contributed by atoms with van der Waals surface area (Å²) >= 11 is 0. The van der Waals surface area contributed by atoms with Crippen LogP contribution in [-0.2, 0) is 14.3 Å². The van der Waals surface area contributed by atoms with Crippen LogP contribution in [0.15, 0.2) is 42.6 Å². The van der Waals surface area contributed by atoms with Gasteiger partial charge >= 0.3 is 0 Å². The molecule has 2 saturated carbocycles. The summed E-state index contributed by atoms with van der Waals surface area (Å²) in [6.45, 7) is 3.92. The average molecular weight is 640 g/mol. The Balaban J connectivity index is 0.916. The first kappa shape index (κ1) is 31.0. The molecule has 47 heavy (non-hydrogen) atoms. The number of anilines is 2. The highest BCUT2D eigenvalue weighted by atomic mass is 16.5. The standard InChI is InChI=1S/C35H41N7O5/c36-33(44)30(6-3-15-43)42-34(45)26-11-10-24(20-27(26)35(42)46)37-12-2-4-22-18-25(19-22)41-21-28(32(39-41)23-8-9-23)29-5-1-7-31(38-29)40-13-16-47-17-14-40/h1,5,7,10-11,15,20-23,25,30,37H,2-4,6,8-9,12-14,16-19H2,(H2,36,44). The monoisotopic (exact) mass is 639 g/mol. The molecule has 1 atom stereocenters. The third kappa shape index (κ3) is 6.38. The molecule has 4 heterocycles. The Morgan fingerprint density at radius 2 is 1.85 bits per heavy atom. The van der Waals surface area contributed by atoms with E-state index < -0.39 is 23.8 Å². The largest absolute Gasteiger partial charge is 0.385 e. The number of nitrogens with one attached hydrogen (secondary N) is 1. The number of imide groups is 1. The number of carbonyl (C=O) groups is 4. The Bertz CT molecular complexity index is 1670. The van der Waals surface area contributed by atoms with Crippen molar-refractivity contribution in [2.24, 2.45) is 11.7 Å². The van der Waals surface area contributed by atoms with E-state index in [1.807, 2.05) is 0 Å². The SMILES string of the molecule is NC(=O)C(CCC=O)N1C(=O)c2ccc(NCCCC3CC(n4cc(-c5cccc(N6CCOCC6)n5)c(C5CC5)n4)C3)cc2C1=O. The summed E-state index contributed by atoms with van der Waals surface area (Å²) in [5.41, 5.74) is 10.0. The van der Waals surface area contributed by atoms with Crippen LogP contribution < -0.4 is 16.0 Å². The summed E-state index contributed by atoms with van der Waals surface area (Å²) < 4.78 is 7.71. The normalized spacial score (nSPS) is 21.4. The van der Waals surface area contributed by atoms with Gasteiger partial charge in [0, 0.05) is 49.4 Å². The molecule has 2 aliphatic heterocycles. The number of benzene rings is 1. The van der Waals surface area contributed by atoms with Crippen LogP contribution in [0.4, 0.5) is 11.5 Å². The van der Waals surface area contributed by atoms with E-state index in [0.29, 0.717) is 24.2 Å². The summed E-state index contributed by atoms with van der Waals surface area (Å²) in [5.74, 6) is 0.243. The number of hydrogen-bond acceptors (Lipinski definition) is 9. The number of aldehydes is 1. The second-order valence-corrected chi connectivity index (χ2v) is 13.1. The van der Waals surface area contributed by atoms with Crippen molar-refractivity contribution in [1.82, 2.24) is 19.7 Å². The number of nitrogens with zero attached hydrogens (tertiary/aromatic N) is 5. The number of fused-ring (bicyclic) bond motifs is 1. The van der Waals surface area contributed by atoms with Crippen LogP contribution in [0.5, 0.6) is 0 Å². The van der Waals surface area contributed by atoms with Crippen LogP contribution in [0.3, 0.4) is 0 Å². The van der Waals surface area contributed by atoms with Gasteiger partial charge in [-0.25, -0.2) is 4.98 Å². The van der Waals surface area contributed by atoms with Crippen LogP contribution in [-0.4, -0.2) is 82.6 Å². The van der Waals surface area contributed by atoms with E-state index in [1.165, 1.54) is 24.1 Å². The summed E-state index contributed by atoms with van der Waals surface area (Å²) in [6.07, 6.45) is 9.54. The molecule has 2 aliphatic carbocycles. The first-order valence-corrected chi connectivity index (χ1v) is 16.8. The van der Waals surface area contributed by atoms with Crippen LogP contribution in [0, 0.1) is 5.92 Å². The molecule has 7 rings (SSSR count). The molecule has 3 N–H and O–H groups in total. The fourth-order valence-corrected chi connectivity index (χ4v) is 7.04. The molecule has 1 saturated heterocycles. The van der Waals surface area contributed by atoms with Gasteiger partial charge in [0.05, 0.1) is 41.8 Å². The van der Waals surface area contributed by atoms with Crippen LogP contribution in [0.25, 0.3) is 11.3 Å². The molecule has 0 spiro atoms. The highest BCUT2D eigenvalue weighted by Crippen LogP contribution is 2.46. The van der Waals surface area contributed by atoms with Crippen molar-refractivity contribution >= 4 is 35.5 Å². The number of rotatable bonds is 14. The third-order valence-corrected chi connectivity index (χ3v) is 9.89. The zero-order chi connectivity index (χ0) is 32.5. The molecule has 12 nitrogen and oxygen atoms in total. The minimum absolute atomic E-state index is 0.0150. The molecule has 3 amide bonds. The number of primary amides is 1. The van der Waals surface area contributed by atoms with Gasteiger partial charge in [-0.3, -0.25) is 24.0 Å². The van der Waals surface area contributed by atoms with Gasteiger partial charge < -0.3 is 25.5 Å². The second kappa shape index (κ2) is 13.3. The molecular formula is C35H41N7O5. The predicted octanol–water partition coefficient (Wildman–Crippen LogP) is 3.93. The van der Waals surface area contributed by atoms with Crippen molar-refractivity contribution in [3.63, 3.8) is 0 Å². The lowest BCUT2D eigenvalue weighted by molar-refractivity contribution is -0.122. The van der Waals surface area contributed by atoms with Gasteiger partial charge in [-0.15, -0.1) is 0 Å². The Labute approximate surface area is 273 Å². The predicted molar refractivity (Wildman–Crippen MR) is 175 cm³/mol. The van der Waals surface area contributed by atoms with Crippen LogP contribution in [0.1, 0.15) is 89.7 Å². The maximum absolute atomic E-state index is 13.1. The minimum atomic E-state index is -1.15. The van der Waals surface area contributed by atoms with Crippen molar-refractivity contribution in [3.8, 4) is 11.3 Å². The van der Waals surface area contributed by atoms with Gasteiger partial charge in [0.25, 0.3) is 11.8 Å². The van der Waals surface area contributed by atoms with E-state index in [9.17, 15) is 19.2 Å². The third-order valence-electron chi connectivity index (χ3n) is 9.89. The van der Waals surface area contributed by atoms with Crippen molar-refractivity contribution in [3.05, 3.63) is 59.4 Å². The lowest BCUT2D eigenvalue weighted by Gasteiger charge is -2.35. The van der Waals surface area contributed by atoms with Crippen LogP contribution in [0.2, 0.25) is 0 Å². The summed E-state index contributed by atoms with van der Waals surface area (Å²) in [6, 6.07) is 10.6. The van der Waals surface area contributed by atoms with Gasteiger partial charge in [0.1, 0.15) is 18.1 Å². The zero-order valence-corrected chi connectivity index (χ0v) is 26.5.